The van der Waals surface area contributed by atoms with Gasteiger partial charge < -0.3 is 25.7 Å². The zero-order valence-corrected chi connectivity index (χ0v) is 23.7. The van der Waals surface area contributed by atoms with Crippen LogP contribution in [0.5, 0.6) is 0 Å². The molecule has 5 rings (SSSR count). The fourth-order valence-electron chi connectivity index (χ4n) is 6.39. The maximum Gasteiger partial charge on any atom is 0.328 e. The first-order valence-corrected chi connectivity index (χ1v) is 14.6. The molecule has 0 spiro atoms. The number of likely N-dealkylation sites (tertiary alicyclic amines) is 2. The molecule has 9 heteroatoms. The van der Waals surface area contributed by atoms with E-state index in [1.165, 1.54) is 41.8 Å². The number of carboxylic acids is 2. The molecule has 0 atom stereocenters. The van der Waals surface area contributed by atoms with Crippen LogP contribution in [0.3, 0.4) is 0 Å². The first kappa shape index (κ1) is 30.3. The highest BCUT2D eigenvalue weighted by molar-refractivity contribution is 5.89. The molecule has 2 aromatic carbocycles. The Morgan fingerprint density at radius 2 is 1.27 bits per heavy atom. The first-order chi connectivity index (χ1) is 19.8. The summed E-state index contributed by atoms with van der Waals surface area (Å²) in [5.41, 5.74) is 11.2. The van der Waals surface area contributed by atoms with Crippen LogP contribution in [0.4, 0.5) is 11.4 Å². The molecule has 9 nitrogen and oxygen atoms in total. The molecule has 0 aromatic heterocycles. The first-order valence-electron chi connectivity index (χ1n) is 14.6. The van der Waals surface area contributed by atoms with Crippen LogP contribution in [0.25, 0.3) is 0 Å². The zero-order valence-electron chi connectivity index (χ0n) is 23.7. The van der Waals surface area contributed by atoms with Crippen LogP contribution in [0.2, 0.25) is 0 Å². The smallest absolute Gasteiger partial charge is 0.328 e. The predicted molar refractivity (Wildman–Crippen MR) is 159 cm³/mol. The highest BCUT2D eigenvalue weighted by Crippen LogP contribution is 2.36. The summed E-state index contributed by atoms with van der Waals surface area (Å²) in [6, 6.07) is 17.8. The van der Waals surface area contributed by atoms with Crippen LogP contribution in [-0.2, 0) is 27.2 Å². The summed E-state index contributed by atoms with van der Waals surface area (Å²) in [6.45, 7) is 6.06. The summed E-state index contributed by atoms with van der Waals surface area (Å²) in [7, 11) is 0. The van der Waals surface area contributed by atoms with Crippen LogP contribution in [0.15, 0.2) is 60.7 Å². The van der Waals surface area contributed by atoms with Crippen molar-refractivity contribution < 1.29 is 24.6 Å². The molecule has 220 valence electrons. The number of nitrogens with two attached hydrogens (primary N) is 1. The Balaban J connectivity index is 0.000000426. The number of primary amides is 1. The number of aryl methyl sites for hydroxylation is 2. The number of nitrogens with zero attached hydrogens (tertiary/aromatic N) is 3. The number of carbonyl (C=O) groups is 3. The van der Waals surface area contributed by atoms with Gasteiger partial charge in [-0.2, -0.15) is 0 Å². The fraction of sp³-hybridized carbons (Fsp3) is 0.469. The molecule has 3 aliphatic rings. The normalized spacial score (nSPS) is 18.9. The van der Waals surface area contributed by atoms with Gasteiger partial charge in [-0.25, -0.2) is 9.59 Å². The molecule has 1 amide bonds. The molecular formula is C32H42N4O5. The van der Waals surface area contributed by atoms with E-state index in [-0.39, 0.29) is 5.91 Å². The highest BCUT2D eigenvalue weighted by Gasteiger charge is 2.44. The van der Waals surface area contributed by atoms with E-state index in [1.807, 2.05) is 0 Å². The minimum atomic E-state index is -1.26. The molecule has 0 aliphatic carbocycles. The second-order valence-corrected chi connectivity index (χ2v) is 11.1. The summed E-state index contributed by atoms with van der Waals surface area (Å²) in [5, 5.41) is 15.6. The Hall–Kier alpha value is -3.69. The van der Waals surface area contributed by atoms with Crippen molar-refractivity contribution in [3.8, 4) is 0 Å². The number of anilines is 2. The molecule has 2 aromatic rings. The van der Waals surface area contributed by atoms with E-state index in [1.54, 1.807) is 0 Å². The largest absolute Gasteiger partial charge is 0.478 e. The second kappa shape index (κ2) is 14.3. The lowest BCUT2D eigenvalue weighted by Crippen LogP contribution is -2.63. The van der Waals surface area contributed by atoms with Gasteiger partial charge in [0.2, 0.25) is 5.91 Å². The number of piperidine rings is 2. The molecule has 2 fully saturated rings. The van der Waals surface area contributed by atoms with Gasteiger partial charge in [0.15, 0.2) is 0 Å². The Bertz CT molecular complexity index is 1170. The van der Waals surface area contributed by atoms with Crippen molar-refractivity contribution in [3.05, 3.63) is 71.8 Å². The van der Waals surface area contributed by atoms with Crippen molar-refractivity contribution in [2.24, 2.45) is 5.73 Å². The second-order valence-electron chi connectivity index (χ2n) is 11.1. The maximum atomic E-state index is 12.5. The summed E-state index contributed by atoms with van der Waals surface area (Å²) >= 11 is 0. The third-order valence-corrected chi connectivity index (χ3v) is 8.56. The minimum absolute atomic E-state index is 0.109. The van der Waals surface area contributed by atoms with Gasteiger partial charge >= 0.3 is 11.9 Å². The van der Waals surface area contributed by atoms with Crippen molar-refractivity contribution in [2.45, 2.75) is 56.9 Å². The number of carbonyl (C=O) groups excluding carboxylic acids is 1. The number of amides is 1. The number of carboxylic acid groups (broad SMARTS) is 2. The summed E-state index contributed by atoms with van der Waals surface area (Å²) in [5.74, 6) is -2.62. The van der Waals surface area contributed by atoms with E-state index in [4.69, 9.17) is 15.9 Å². The standard InChI is InChI=1S/C28H38N4O.C4H4O4/c29-27(33)28(31-18-6-1-7-19-31)15-21-30(22-16-28)17-8-20-32-25-11-4-2-9-23(25)13-14-24-10-3-5-12-26(24)32;5-3(6)1-2-4(7)8/h2-5,9-12H,1,6-8,13-22H2,(H2,29,33);1-2H,(H,5,6)(H,7,8). The van der Waals surface area contributed by atoms with Crippen molar-refractivity contribution >= 4 is 29.2 Å². The van der Waals surface area contributed by atoms with E-state index in [0.29, 0.717) is 12.2 Å². The van der Waals surface area contributed by atoms with Gasteiger partial charge in [0, 0.05) is 43.2 Å². The number of hydrogen-bond acceptors (Lipinski definition) is 6. The van der Waals surface area contributed by atoms with Crippen LogP contribution in [-0.4, -0.2) is 82.7 Å². The number of rotatable bonds is 8. The SMILES string of the molecule is NC(=O)C1(N2CCCCC2)CCN(CCCN2c3ccccc3CCc3ccccc32)CC1.O=C(O)C=CC(=O)O. The van der Waals surface area contributed by atoms with E-state index < -0.39 is 17.5 Å². The van der Waals surface area contributed by atoms with Crippen LogP contribution in [0.1, 0.15) is 49.7 Å². The third kappa shape index (κ3) is 7.74. The molecule has 0 bridgehead atoms. The quantitative estimate of drug-likeness (QED) is 0.415. The van der Waals surface area contributed by atoms with Gasteiger partial charge in [0.1, 0.15) is 5.54 Å². The minimum Gasteiger partial charge on any atom is -0.478 e. The Labute approximate surface area is 242 Å². The summed E-state index contributed by atoms with van der Waals surface area (Å²) < 4.78 is 0. The topological polar surface area (TPSA) is 127 Å². The summed E-state index contributed by atoms with van der Waals surface area (Å²) in [6.07, 6.45) is 9.83. The molecule has 41 heavy (non-hydrogen) atoms. The summed E-state index contributed by atoms with van der Waals surface area (Å²) in [4.78, 5) is 39.1. The number of hydrogen-bond donors (Lipinski definition) is 3. The molecule has 0 saturated carbocycles. The number of aliphatic carboxylic acids is 2. The van der Waals surface area contributed by atoms with Gasteiger partial charge in [0.25, 0.3) is 0 Å². The lowest BCUT2D eigenvalue weighted by atomic mass is 9.83. The van der Waals surface area contributed by atoms with Crippen LogP contribution in [0, 0.1) is 0 Å². The number of benzene rings is 2. The lowest BCUT2D eigenvalue weighted by molar-refractivity contribution is -0.135. The van der Waals surface area contributed by atoms with E-state index >= 15 is 0 Å². The highest BCUT2D eigenvalue weighted by atomic mass is 16.4. The number of fused-ring (bicyclic) bond motifs is 2. The van der Waals surface area contributed by atoms with Gasteiger partial charge in [-0.15, -0.1) is 0 Å². The van der Waals surface area contributed by atoms with Crippen LogP contribution < -0.4 is 10.6 Å². The van der Waals surface area contributed by atoms with Crippen molar-refractivity contribution in [1.82, 2.24) is 9.80 Å². The Morgan fingerprint density at radius 1 is 0.756 bits per heavy atom. The van der Waals surface area contributed by atoms with Gasteiger partial charge in [-0.05, 0) is 87.8 Å². The monoisotopic (exact) mass is 562 g/mol. The Kier molecular flexibility index (Phi) is 10.5. The maximum absolute atomic E-state index is 12.5. The van der Waals surface area contributed by atoms with Crippen molar-refractivity contribution in [3.63, 3.8) is 0 Å². The fourth-order valence-corrected chi connectivity index (χ4v) is 6.39. The van der Waals surface area contributed by atoms with Gasteiger partial charge in [-0.1, -0.05) is 42.8 Å². The van der Waals surface area contributed by atoms with Crippen molar-refractivity contribution in [2.75, 3.05) is 44.2 Å². The lowest BCUT2D eigenvalue weighted by Gasteiger charge is -2.48. The molecule has 4 N–H and O–H groups in total. The molecule has 0 radical (unpaired) electrons. The van der Waals surface area contributed by atoms with Gasteiger partial charge in [-0.3, -0.25) is 9.69 Å². The average molecular weight is 563 g/mol. The molecule has 3 heterocycles. The predicted octanol–water partition coefficient (Wildman–Crippen LogP) is 3.83. The van der Waals surface area contributed by atoms with E-state index in [0.717, 1.165) is 71.4 Å². The van der Waals surface area contributed by atoms with Gasteiger partial charge in [0.05, 0.1) is 0 Å². The molecular weight excluding hydrogens is 520 g/mol. The van der Waals surface area contributed by atoms with E-state index in [2.05, 4.69) is 63.2 Å². The van der Waals surface area contributed by atoms with Crippen molar-refractivity contribution in [1.29, 1.82) is 0 Å². The average Bonchev–Trinajstić information content (AvgIpc) is 3.14. The molecule has 2 saturated heterocycles. The number of para-hydroxylation sites is 2. The zero-order chi connectivity index (χ0) is 29.2. The van der Waals surface area contributed by atoms with Crippen LogP contribution >= 0.6 is 0 Å². The molecule has 0 unspecified atom stereocenters. The Morgan fingerprint density at radius 3 is 1.76 bits per heavy atom. The van der Waals surface area contributed by atoms with E-state index in [9.17, 15) is 14.4 Å². The third-order valence-electron chi connectivity index (χ3n) is 8.56. The molecule has 3 aliphatic heterocycles.